The number of nitrogens with zero attached hydrogens (tertiary/aromatic N) is 3. The average molecular weight is 458 g/mol. The monoisotopic (exact) mass is 457 g/mol. The van der Waals surface area contributed by atoms with Crippen molar-refractivity contribution in [3.05, 3.63) is 87.3 Å². The number of thiophene rings is 1. The van der Waals surface area contributed by atoms with Gasteiger partial charge in [0.25, 0.3) is 17.4 Å². The number of hydrogen-bond acceptors (Lipinski definition) is 5. The normalized spacial score (nSPS) is 13.4. The smallest absolute Gasteiger partial charge is 0.262 e. The molecule has 3 heterocycles. The van der Waals surface area contributed by atoms with Gasteiger partial charge in [-0.25, -0.2) is 4.98 Å². The minimum absolute atomic E-state index is 0.105. The molecule has 6 nitrogen and oxygen atoms in total. The molecule has 0 aliphatic carbocycles. The lowest BCUT2D eigenvalue weighted by Crippen LogP contribution is -2.32. The first kappa shape index (κ1) is 21.3. The summed E-state index contributed by atoms with van der Waals surface area (Å²) < 4.78 is 1.57. The molecule has 1 aliphatic rings. The summed E-state index contributed by atoms with van der Waals surface area (Å²) >= 11 is 1.46. The van der Waals surface area contributed by atoms with Crippen LogP contribution in [0.25, 0.3) is 21.3 Å². The van der Waals surface area contributed by atoms with Crippen molar-refractivity contribution in [2.24, 2.45) is 0 Å². The van der Waals surface area contributed by atoms with Crippen LogP contribution in [0.4, 0.5) is 0 Å². The molecule has 2 aromatic carbocycles. The molecule has 0 spiro atoms. The zero-order chi connectivity index (χ0) is 23.1. The maximum Gasteiger partial charge on any atom is 0.262 e. The number of aryl methyl sites for hydroxylation is 1. The number of carbonyl (C=O) groups is 2. The van der Waals surface area contributed by atoms with Gasteiger partial charge in [-0.2, -0.15) is 0 Å². The van der Waals surface area contributed by atoms with Gasteiger partial charge in [0.15, 0.2) is 0 Å². The number of carbonyl (C=O) groups excluding carboxylic acids is 2. The highest BCUT2D eigenvalue weighted by atomic mass is 32.1. The lowest BCUT2D eigenvalue weighted by Gasteiger charge is -2.14. The lowest BCUT2D eigenvalue weighted by molar-refractivity contribution is 0.0650. The van der Waals surface area contributed by atoms with Gasteiger partial charge < -0.3 is 0 Å². The number of rotatable bonds is 6. The third-order valence-electron chi connectivity index (χ3n) is 6.11. The van der Waals surface area contributed by atoms with Gasteiger partial charge in [-0.1, -0.05) is 50.2 Å². The van der Waals surface area contributed by atoms with E-state index in [1.807, 2.05) is 5.38 Å². The third-order valence-corrected chi connectivity index (χ3v) is 6.99. The van der Waals surface area contributed by atoms with Crippen LogP contribution >= 0.6 is 11.3 Å². The molecule has 0 unspecified atom stereocenters. The molecule has 0 saturated carbocycles. The predicted octanol–water partition coefficient (Wildman–Crippen LogP) is 4.93. The summed E-state index contributed by atoms with van der Waals surface area (Å²) in [7, 11) is 0. The number of fused-ring (bicyclic) bond motifs is 2. The third kappa shape index (κ3) is 3.68. The largest absolute Gasteiger partial charge is 0.299 e. The second-order valence-electron chi connectivity index (χ2n) is 8.51. The van der Waals surface area contributed by atoms with Crippen LogP contribution in [0.5, 0.6) is 0 Å². The van der Waals surface area contributed by atoms with Crippen molar-refractivity contribution < 1.29 is 9.59 Å². The van der Waals surface area contributed by atoms with Gasteiger partial charge in [-0.15, -0.1) is 11.3 Å². The predicted molar refractivity (Wildman–Crippen MR) is 130 cm³/mol. The minimum atomic E-state index is -0.276. The molecule has 1 aliphatic heterocycles. The van der Waals surface area contributed by atoms with E-state index >= 15 is 0 Å². The summed E-state index contributed by atoms with van der Waals surface area (Å²) in [5.74, 6) is -0.109. The van der Waals surface area contributed by atoms with E-state index in [1.165, 1.54) is 21.8 Å². The quantitative estimate of drug-likeness (QED) is 0.385. The molecule has 0 radical (unpaired) electrons. The van der Waals surface area contributed by atoms with Crippen LogP contribution in [0.15, 0.2) is 65.0 Å². The van der Waals surface area contributed by atoms with Crippen molar-refractivity contribution in [2.75, 3.05) is 6.54 Å². The summed E-state index contributed by atoms with van der Waals surface area (Å²) in [6.07, 6.45) is 2.02. The van der Waals surface area contributed by atoms with E-state index in [-0.39, 0.29) is 23.9 Å². The summed E-state index contributed by atoms with van der Waals surface area (Å²) in [6.45, 7) is 4.93. The van der Waals surface area contributed by atoms with E-state index in [1.54, 1.807) is 35.2 Å². The Bertz CT molecular complexity index is 1400. The maximum atomic E-state index is 13.3. The van der Waals surface area contributed by atoms with E-state index in [2.05, 4.69) is 43.1 Å². The highest BCUT2D eigenvalue weighted by molar-refractivity contribution is 7.17. The van der Waals surface area contributed by atoms with Crippen LogP contribution in [-0.4, -0.2) is 32.8 Å². The minimum Gasteiger partial charge on any atom is -0.299 e. The Morgan fingerprint density at radius 1 is 0.879 bits per heavy atom. The molecule has 2 aromatic heterocycles. The highest BCUT2D eigenvalue weighted by Gasteiger charge is 2.34. The highest BCUT2D eigenvalue weighted by Crippen LogP contribution is 2.31. The Kier molecular flexibility index (Phi) is 5.42. The SMILES string of the molecule is CC(C)c1ccc(-c2csc3ncn(CCCN4C(=O)c5ccccc5C4=O)c(=O)c23)cc1. The van der Waals surface area contributed by atoms with Crippen molar-refractivity contribution in [1.29, 1.82) is 0 Å². The van der Waals surface area contributed by atoms with Gasteiger partial charge in [0.05, 0.1) is 22.8 Å². The zero-order valence-corrected chi connectivity index (χ0v) is 19.3. The van der Waals surface area contributed by atoms with E-state index < -0.39 is 0 Å². The number of hydrogen-bond donors (Lipinski definition) is 0. The van der Waals surface area contributed by atoms with Crippen molar-refractivity contribution in [1.82, 2.24) is 14.5 Å². The number of benzene rings is 2. The van der Waals surface area contributed by atoms with Crippen LogP contribution in [0, 0.1) is 0 Å². The molecule has 0 atom stereocenters. The van der Waals surface area contributed by atoms with Gasteiger partial charge in [-0.3, -0.25) is 23.9 Å². The Hall–Kier alpha value is -3.58. The van der Waals surface area contributed by atoms with Crippen molar-refractivity contribution in [3.8, 4) is 11.1 Å². The van der Waals surface area contributed by atoms with Crippen molar-refractivity contribution in [2.45, 2.75) is 32.7 Å². The van der Waals surface area contributed by atoms with Crippen molar-refractivity contribution in [3.63, 3.8) is 0 Å². The Balaban J connectivity index is 1.36. The molecular formula is C26H23N3O3S. The Morgan fingerprint density at radius 2 is 1.55 bits per heavy atom. The van der Waals surface area contributed by atoms with Gasteiger partial charge in [0.2, 0.25) is 0 Å². The molecule has 33 heavy (non-hydrogen) atoms. The summed E-state index contributed by atoms with van der Waals surface area (Å²) in [6, 6.07) is 15.1. The van der Waals surface area contributed by atoms with Crippen molar-refractivity contribution >= 4 is 33.4 Å². The zero-order valence-electron chi connectivity index (χ0n) is 18.4. The molecular weight excluding hydrogens is 434 g/mol. The molecule has 0 saturated heterocycles. The van der Waals surface area contributed by atoms with Crippen LogP contribution in [-0.2, 0) is 6.54 Å². The van der Waals surface area contributed by atoms with Gasteiger partial charge in [0, 0.05) is 24.0 Å². The average Bonchev–Trinajstić information content (AvgIpc) is 3.36. The standard InChI is InChI=1S/C26H23N3O3S/c1-16(2)17-8-10-18(11-9-17)21-14-33-23-22(21)26(32)28(15-27-23)12-5-13-29-24(30)19-6-3-4-7-20(19)25(29)31/h3-4,6-11,14-16H,5,12-13H2,1-2H3. The Morgan fingerprint density at radius 3 is 2.18 bits per heavy atom. The maximum absolute atomic E-state index is 13.3. The fourth-order valence-corrected chi connectivity index (χ4v) is 5.13. The fourth-order valence-electron chi connectivity index (χ4n) is 4.23. The Labute approximate surface area is 195 Å². The second-order valence-corrected chi connectivity index (χ2v) is 9.37. The number of amides is 2. The van der Waals surface area contributed by atoms with Crippen LogP contribution in [0.1, 0.15) is 52.5 Å². The molecule has 166 valence electrons. The number of aromatic nitrogens is 2. The molecule has 0 bridgehead atoms. The second kappa shape index (κ2) is 8.41. The first-order chi connectivity index (χ1) is 16.0. The fraction of sp³-hybridized carbons (Fsp3) is 0.231. The molecule has 0 N–H and O–H groups in total. The molecule has 4 aromatic rings. The van der Waals surface area contributed by atoms with Crippen LogP contribution in [0.3, 0.4) is 0 Å². The topological polar surface area (TPSA) is 72.3 Å². The van der Waals surface area contributed by atoms with Crippen LogP contribution < -0.4 is 5.56 Å². The molecule has 2 amide bonds. The summed E-state index contributed by atoms with van der Waals surface area (Å²) in [5, 5.41) is 2.59. The summed E-state index contributed by atoms with van der Waals surface area (Å²) in [5.41, 5.74) is 3.91. The molecule has 5 rings (SSSR count). The van der Waals surface area contributed by atoms with Gasteiger partial charge in [0.1, 0.15) is 4.83 Å². The van der Waals surface area contributed by atoms with E-state index in [0.717, 1.165) is 11.1 Å². The van der Waals surface area contributed by atoms with Crippen LogP contribution in [0.2, 0.25) is 0 Å². The van der Waals surface area contributed by atoms with E-state index in [9.17, 15) is 14.4 Å². The first-order valence-electron chi connectivity index (χ1n) is 11.0. The first-order valence-corrected chi connectivity index (χ1v) is 11.9. The molecule has 7 heteroatoms. The number of imide groups is 1. The van der Waals surface area contributed by atoms with Gasteiger partial charge in [-0.05, 0) is 35.6 Å². The van der Waals surface area contributed by atoms with Gasteiger partial charge >= 0.3 is 0 Å². The molecule has 0 fully saturated rings. The lowest BCUT2D eigenvalue weighted by atomic mass is 9.99. The van der Waals surface area contributed by atoms with E-state index in [0.29, 0.717) is 40.2 Å². The summed E-state index contributed by atoms with van der Waals surface area (Å²) in [4.78, 5) is 44.8. The van der Waals surface area contributed by atoms with E-state index in [4.69, 9.17) is 0 Å².